The number of anilines is 1. The molecule has 2 aliphatic rings. The van der Waals surface area contributed by atoms with Gasteiger partial charge in [-0.3, -0.25) is 14.7 Å². The van der Waals surface area contributed by atoms with Crippen molar-refractivity contribution in [3.05, 3.63) is 76.4 Å². The van der Waals surface area contributed by atoms with Crippen molar-refractivity contribution >= 4 is 23.7 Å². The first-order valence-corrected chi connectivity index (χ1v) is 14.0. The van der Waals surface area contributed by atoms with Crippen LogP contribution in [0.4, 0.5) is 14.5 Å². The summed E-state index contributed by atoms with van der Waals surface area (Å²) in [5, 5.41) is 17.3. The lowest BCUT2D eigenvalue weighted by atomic mass is 9.73. The molecule has 2 unspecified atom stereocenters. The number of benzene rings is 2. The summed E-state index contributed by atoms with van der Waals surface area (Å²) < 4.78 is 40.1. The minimum atomic E-state index is -0.983. The Morgan fingerprint density at radius 2 is 1.93 bits per heavy atom. The van der Waals surface area contributed by atoms with Crippen molar-refractivity contribution in [3.63, 3.8) is 0 Å². The van der Waals surface area contributed by atoms with Crippen LogP contribution in [0.1, 0.15) is 71.7 Å². The number of nitrogens with one attached hydrogen (secondary N) is 2. The third kappa shape index (κ3) is 5.21. The van der Waals surface area contributed by atoms with E-state index in [1.165, 1.54) is 24.4 Å². The van der Waals surface area contributed by atoms with Gasteiger partial charge in [-0.1, -0.05) is 25.1 Å². The largest absolute Gasteiger partial charge is 0.493 e. The Kier molecular flexibility index (Phi) is 7.15. The molecule has 0 saturated heterocycles. The number of halogens is 2. The summed E-state index contributed by atoms with van der Waals surface area (Å²) >= 11 is 0. The van der Waals surface area contributed by atoms with E-state index in [2.05, 4.69) is 30.8 Å². The van der Waals surface area contributed by atoms with Gasteiger partial charge in [0.2, 0.25) is 5.91 Å². The van der Waals surface area contributed by atoms with E-state index < -0.39 is 40.7 Å². The second-order valence-corrected chi connectivity index (χ2v) is 11.6. The number of hydrogen-bond donors (Lipinski definition) is 2. The second-order valence-electron chi connectivity index (χ2n) is 11.6. The van der Waals surface area contributed by atoms with E-state index in [-0.39, 0.29) is 23.9 Å². The van der Waals surface area contributed by atoms with Crippen molar-refractivity contribution in [2.75, 3.05) is 11.9 Å². The van der Waals surface area contributed by atoms with Crippen molar-refractivity contribution in [2.45, 2.75) is 52.4 Å². The first-order chi connectivity index (χ1) is 20.6. The highest BCUT2D eigenvalue weighted by atomic mass is 19.1. The summed E-state index contributed by atoms with van der Waals surface area (Å²) in [6.07, 6.45) is 2.84. The lowest BCUT2D eigenvalue weighted by Crippen LogP contribution is -2.39. The zero-order valence-electron chi connectivity index (χ0n) is 24.1. The van der Waals surface area contributed by atoms with Gasteiger partial charge >= 0.3 is 5.91 Å². The first kappa shape index (κ1) is 28.4. The number of carbonyl (C=O) groups excluding carboxylic acids is 2. The van der Waals surface area contributed by atoms with Gasteiger partial charge in [0.05, 0.1) is 18.2 Å². The van der Waals surface area contributed by atoms with E-state index in [4.69, 9.17) is 9.37 Å². The fourth-order valence-electron chi connectivity index (χ4n) is 5.93. The average molecular weight is 589 g/mol. The molecular weight excluding hydrogens is 558 g/mol. The molecule has 2 N–H and O–H groups in total. The number of ether oxygens (including phenoxy) is 1. The maximum Gasteiger partial charge on any atom is 0.300 e. The molecule has 12 heteroatoms. The predicted octanol–water partition coefficient (Wildman–Crippen LogP) is 5.90. The normalized spacial score (nSPS) is 17.6. The van der Waals surface area contributed by atoms with Crippen molar-refractivity contribution in [3.8, 4) is 16.9 Å². The van der Waals surface area contributed by atoms with Crippen LogP contribution in [-0.4, -0.2) is 45.1 Å². The third-order valence-corrected chi connectivity index (χ3v) is 8.29. The second kappa shape index (κ2) is 10.8. The van der Waals surface area contributed by atoms with Gasteiger partial charge in [-0.15, -0.1) is 0 Å². The molecule has 222 valence electrons. The molecule has 1 aliphatic heterocycles. The summed E-state index contributed by atoms with van der Waals surface area (Å²) in [5.41, 5.74) is 3.18. The van der Waals surface area contributed by atoms with Gasteiger partial charge in [0.1, 0.15) is 23.1 Å². The van der Waals surface area contributed by atoms with Crippen LogP contribution < -0.4 is 10.1 Å². The molecule has 1 aliphatic carbocycles. The lowest BCUT2D eigenvalue weighted by Gasteiger charge is -2.37. The molecule has 10 nitrogen and oxygen atoms in total. The zero-order valence-corrected chi connectivity index (χ0v) is 24.1. The number of aromatic nitrogens is 4. The molecule has 4 aromatic rings. The van der Waals surface area contributed by atoms with Gasteiger partial charge in [-0.2, -0.15) is 5.10 Å². The van der Waals surface area contributed by atoms with Gasteiger partial charge < -0.3 is 10.1 Å². The predicted molar refractivity (Wildman–Crippen MR) is 153 cm³/mol. The molecule has 43 heavy (non-hydrogen) atoms. The molecular formula is C31H30F2N6O4. The number of hydrogen-bond acceptors (Lipinski definition) is 7. The number of fused-ring (bicyclic) bond motifs is 1. The standard InChI is InChI=1S/C31H30F2N6O4/c1-15(2)27-28(39-43-38-27)30(41)34-13-22(26-21-7-5-18(32)11-24(21)42-14-31(26)9-10-31)29(40)35-19-6-8-20(23(33)12-19)25-16(3)36-37-17(25)4/h5-8,11-13,15,22,26H,9-10,14H2,1-4H3,(H,35,40)(H,36,37). The Morgan fingerprint density at radius 3 is 2.60 bits per heavy atom. The molecule has 3 heterocycles. The number of rotatable bonds is 7. The maximum atomic E-state index is 15.3. The van der Waals surface area contributed by atoms with Crippen molar-refractivity contribution in [2.24, 2.45) is 16.3 Å². The summed E-state index contributed by atoms with van der Waals surface area (Å²) in [7, 11) is 0. The first-order valence-electron chi connectivity index (χ1n) is 14.0. The van der Waals surface area contributed by atoms with E-state index in [0.29, 0.717) is 33.8 Å². The van der Waals surface area contributed by atoms with Crippen molar-refractivity contribution in [1.82, 2.24) is 20.5 Å². The highest BCUT2D eigenvalue weighted by Gasteiger charge is 2.57. The van der Waals surface area contributed by atoms with Crippen LogP contribution in [0, 0.1) is 36.8 Å². The van der Waals surface area contributed by atoms with Crippen molar-refractivity contribution < 1.29 is 27.7 Å². The molecule has 1 spiro atoms. The van der Waals surface area contributed by atoms with Crippen molar-refractivity contribution in [1.29, 1.82) is 0 Å². The van der Waals surface area contributed by atoms with Crippen LogP contribution in [-0.2, 0) is 4.79 Å². The van der Waals surface area contributed by atoms with E-state index in [1.54, 1.807) is 32.0 Å². The van der Waals surface area contributed by atoms with Gasteiger partial charge in [-0.25, -0.2) is 18.4 Å². The quantitative estimate of drug-likeness (QED) is 0.257. The van der Waals surface area contributed by atoms with Gasteiger partial charge in [-0.05, 0) is 61.7 Å². The number of H-pyrrole nitrogens is 1. The Morgan fingerprint density at radius 1 is 1.14 bits per heavy atom. The van der Waals surface area contributed by atoms with Crippen LogP contribution in [0.3, 0.4) is 0 Å². The molecule has 6 rings (SSSR count). The zero-order chi connectivity index (χ0) is 30.5. The van der Waals surface area contributed by atoms with E-state index in [1.807, 2.05) is 13.8 Å². The number of amides is 2. The Bertz CT molecular complexity index is 1740. The Hall–Kier alpha value is -4.74. The lowest BCUT2D eigenvalue weighted by molar-refractivity contribution is -0.119. The number of nitrogens with zero attached hydrogens (tertiary/aromatic N) is 4. The van der Waals surface area contributed by atoms with E-state index >= 15 is 4.39 Å². The molecule has 2 amide bonds. The van der Waals surface area contributed by atoms with E-state index in [0.717, 1.165) is 18.5 Å². The molecule has 1 fully saturated rings. The summed E-state index contributed by atoms with van der Waals surface area (Å²) in [4.78, 5) is 31.2. The summed E-state index contributed by atoms with van der Waals surface area (Å²) in [6, 6.07) is 8.65. The van der Waals surface area contributed by atoms with Gasteiger partial charge in [0.25, 0.3) is 0 Å². The minimum Gasteiger partial charge on any atom is -0.493 e. The average Bonchev–Trinajstić information content (AvgIpc) is 3.39. The maximum absolute atomic E-state index is 15.3. The molecule has 2 atom stereocenters. The molecule has 0 radical (unpaired) electrons. The number of aliphatic imine (C=N–C) groups is 1. The van der Waals surface area contributed by atoms with Crippen LogP contribution in [0.25, 0.3) is 11.1 Å². The fraction of sp³-hybridized carbons (Fsp3) is 0.355. The van der Waals surface area contributed by atoms with E-state index in [9.17, 15) is 14.0 Å². The minimum absolute atomic E-state index is 0.0384. The smallest absolute Gasteiger partial charge is 0.300 e. The number of aromatic amines is 1. The van der Waals surface area contributed by atoms with Gasteiger partial charge in [0.15, 0.2) is 5.69 Å². The van der Waals surface area contributed by atoms with Gasteiger partial charge in [0, 0.05) is 52.0 Å². The number of aryl methyl sites for hydroxylation is 2. The monoisotopic (exact) mass is 588 g/mol. The molecule has 2 aromatic carbocycles. The highest BCUT2D eigenvalue weighted by molar-refractivity contribution is 6.07. The summed E-state index contributed by atoms with van der Waals surface area (Å²) in [6.45, 7) is 7.55. The molecule has 1 saturated carbocycles. The topological polar surface area (TPSA) is 135 Å². The molecule has 0 bridgehead atoms. The van der Waals surface area contributed by atoms with Crippen LogP contribution in [0.2, 0.25) is 0 Å². The summed E-state index contributed by atoms with van der Waals surface area (Å²) in [5.74, 6) is -3.47. The van der Waals surface area contributed by atoms with Crippen LogP contribution in [0.5, 0.6) is 5.75 Å². The Labute approximate surface area is 245 Å². The van der Waals surface area contributed by atoms with Crippen LogP contribution in [0.15, 0.2) is 46.0 Å². The third-order valence-electron chi connectivity index (χ3n) is 8.29. The Balaban J connectivity index is 1.36. The number of carbonyl (C=O) groups is 2. The molecule has 2 aromatic heterocycles. The fourth-order valence-corrected chi connectivity index (χ4v) is 5.93. The SMILES string of the molecule is Cc1n[nH]c(C)c1-c1ccc(NC(=O)C(C=NC(=O)c2nonc2C(C)C)C2c3ccc(F)cc3OCC23CC3)cc1F. The highest BCUT2D eigenvalue weighted by Crippen LogP contribution is 2.62. The van der Waals surface area contributed by atoms with Crippen LogP contribution >= 0.6 is 0 Å².